The Bertz CT molecular complexity index is 384. The van der Waals surface area contributed by atoms with Gasteiger partial charge >= 0.3 is 6.18 Å². The van der Waals surface area contributed by atoms with Crippen LogP contribution in [0.4, 0.5) is 13.2 Å². The molecule has 1 aromatic rings. The molecule has 1 heterocycles. The Hall–Kier alpha value is -1.33. The topological polar surface area (TPSA) is 45.8 Å². The molecule has 1 aromatic heterocycles. The molecule has 6 heteroatoms. The maximum atomic E-state index is 12.2. The number of hydrogen-bond donors (Lipinski definition) is 1. The Morgan fingerprint density at radius 1 is 1.47 bits per heavy atom. The SMILES string of the molecule is CCCCc1cc(=O)[nH]c(C(F)(F)F)n1. The summed E-state index contributed by atoms with van der Waals surface area (Å²) in [4.78, 5) is 16.0. The van der Waals surface area contributed by atoms with E-state index in [1.807, 2.05) is 6.92 Å². The van der Waals surface area contributed by atoms with Crippen molar-refractivity contribution in [3.05, 3.63) is 27.9 Å². The lowest BCUT2D eigenvalue weighted by atomic mass is 10.2. The van der Waals surface area contributed by atoms with Gasteiger partial charge in [0.1, 0.15) is 0 Å². The Morgan fingerprint density at radius 3 is 2.67 bits per heavy atom. The van der Waals surface area contributed by atoms with E-state index in [0.717, 1.165) is 12.5 Å². The Balaban J connectivity index is 3.01. The summed E-state index contributed by atoms with van der Waals surface area (Å²) in [5.74, 6) is -1.22. The molecule has 0 radical (unpaired) electrons. The van der Waals surface area contributed by atoms with Gasteiger partial charge in [-0.2, -0.15) is 13.2 Å². The van der Waals surface area contributed by atoms with Crippen LogP contribution < -0.4 is 5.56 Å². The fourth-order valence-corrected chi connectivity index (χ4v) is 1.13. The summed E-state index contributed by atoms with van der Waals surface area (Å²) in [6.07, 6.45) is -2.64. The number of aromatic amines is 1. The Kier molecular flexibility index (Phi) is 3.49. The van der Waals surface area contributed by atoms with Crippen LogP contribution in [0, 0.1) is 0 Å². The first kappa shape index (κ1) is 11.7. The molecule has 0 aliphatic rings. The number of unbranched alkanes of at least 4 members (excludes halogenated alkanes) is 1. The predicted molar refractivity (Wildman–Crippen MR) is 48.5 cm³/mol. The second kappa shape index (κ2) is 4.46. The minimum Gasteiger partial charge on any atom is -0.303 e. The first-order chi connectivity index (χ1) is 6.93. The highest BCUT2D eigenvalue weighted by Crippen LogP contribution is 2.25. The van der Waals surface area contributed by atoms with Crippen LogP contribution in [0.5, 0.6) is 0 Å². The van der Waals surface area contributed by atoms with Gasteiger partial charge in [0.15, 0.2) is 0 Å². The predicted octanol–water partition coefficient (Wildman–Crippen LogP) is 2.13. The van der Waals surface area contributed by atoms with Crippen molar-refractivity contribution in [2.75, 3.05) is 0 Å². The Morgan fingerprint density at radius 2 is 2.13 bits per heavy atom. The third-order valence-electron chi connectivity index (χ3n) is 1.85. The summed E-state index contributed by atoms with van der Waals surface area (Å²) in [5, 5.41) is 0. The molecule has 1 N–H and O–H groups in total. The van der Waals surface area contributed by atoms with Crippen molar-refractivity contribution >= 4 is 0 Å². The smallest absolute Gasteiger partial charge is 0.303 e. The van der Waals surface area contributed by atoms with Gasteiger partial charge in [-0.3, -0.25) is 4.79 Å². The highest BCUT2D eigenvalue weighted by atomic mass is 19.4. The van der Waals surface area contributed by atoms with Crippen molar-refractivity contribution in [1.29, 1.82) is 0 Å². The summed E-state index contributed by atoms with van der Waals surface area (Å²) in [5.41, 5.74) is -0.573. The second-order valence-corrected chi connectivity index (χ2v) is 3.19. The standard InChI is InChI=1S/C9H11F3N2O/c1-2-3-4-6-5-7(15)14-8(13-6)9(10,11)12/h5H,2-4H2,1H3,(H,13,14,15). The number of H-pyrrole nitrogens is 1. The van der Waals surface area contributed by atoms with Crippen LogP contribution in [-0.4, -0.2) is 9.97 Å². The van der Waals surface area contributed by atoms with Gasteiger partial charge < -0.3 is 4.98 Å². The van der Waals surface area contributed by atoms with Gasteiger partial charge in [0.05, 0.1) is 0 Å². The quantitative estimate of drug-likeness (QED) is 0.848. The van der Waals surface area contributed by atoms with Crippen LogP contribution in [0.3, 0.4) is 0 Å². The molecule has 0 fully saturated rings. The lowest BCUT2D eigenvalue weighted by molar-refractivity contribution is -0.145. The number of hydrogen-bond acceptors (Lipinski definition) is 2. The van der Waals surface area contributed by atoms with Crippen molar-refractivity contribution in [2.24, 2.45) is 0 Å². The van der Waals surface area contributed by atoms with E-state index in [1.165, 1.54) is 0 Å². The van der Waals surface area contributed by atoms with E-state index in [4.69, 9.17) is 0 Å². The molecule has 0 amide bonds. The van der Waals surface area contributed by atoms with Crippen LogP contribution >= 0.6 is 0 Å². The van der Waals surface area contributed by atoms with E-state index in [-0.39, 0.29) is 5.69 Å². The van der Waals surface area contributed by atoms with Crippen LogP contribution in [0.15, 0.2) is 10.9 Å². The van der Waals surface area contributed by atoms with Gasteiger partial charge in [-0.25, -0.2) is 4.98 Å². The van der Waals surface area contributed by atoms with Gasteiger partial charge in [0.25, 0.3) is 5.56 Å². The van der Waals surface area contributed by atoms with Crippen LogP contribution in [0.1, 0.15) is 31.3 Å². The molecule has 0 bridgehead atoms. The lowest BCUT2D eigenvalue weighted by Crippen LogP contribution is -2.19. The zero-order valence-corrected chi connectivity index (χ0v) is 8.19. The maximum absolute atomic E-state index is 12.2. The van der Waals surface area contributed by atoms with Crippen molar-refractivity contribution < 1.29 is 13.2 Å². The van der Waals surface area contributed by atoms with Gasteiger partial charge in [-0.15, -0.1) is 0 Å². The van der Waals surface area contributed by atoms with E-state index >= 15 is 0 Å². The van der Waals surface area contributed by atoms with Crippen molar-refractivity contribution in [3.63, 3.8) is 0 Å². The van der Waals surface area contributed by atoms with E-state index in [1.54, 1.807) is 4.98 Å². The lowest BCUT2D eigenvalue weighted by Gasteiger charge is -2.06. The maximum Gasteiger partial charge on any atom is 0.449 e. The minimum absolute atomic E-state index is 0.188. The fourth-order valence-electron chi connectivity index (χ4n) is 1.13. The molecular weight excluding hydrogens is 209 g/mol. The average molecular weight is 220 g/mol. The van der Waals surface area contributed by atoms with Crippen molar-refractivity contribution in [3.8, 4) is 0 Å². The zero-order valence-electron chi connectivity index (χ0n) is 8.19. The van der Waals surface area contributed by atoms with Crippen molar-refractivity contribution in [2.45, 2.75) is 32.4 Å². The molecule has 0 spiro atoms. The number of aryl methyl sites for hydroxylation is 1. The first-order valence-electron chi connectivity index (χ1n) is 4.61. The zero-order chi connectivity index (χ0) is 11.5. The summed E-state index contributed by atoms with van der Waals surface area (Å²) < 4.78 is 36.7. The fraction of sp³-hybridized carbons (Fsp3) is 0.556. The second-order valence-electron chi connectivity index (χ2n) is 3.19. The van der Waals surface area contributed by atoms with Crippen LogP contribution in [-0.2, 0) is 12.6 Å². The van der Waals surface area contributed by atoms with Gasteiger partial charge in [-0.1, -0.05) is 13.3 Å². The minimum atomic E-state index is -4.60. The molecule has 15 heavy (non-hydrogen) atoms. The van der Waals surface area contributed by atoms with Crippen LogP contribution in [0.25, 0.3) is 0 Å². The van der Waals surface area contributed by atoms with Crippen molar-refractivity contribution in [1.82, 2.24) is 9.97 Å². The summed E-state index contributed by atoms with van der Waals surface area (Å²) >= 11 is 0. The third kappa shape index (κ3) is 3.38. The highest BCUT2D eigenvalue weighted by Gasteiger charge is 2.34. The first-order valence-corrected chi connectivity index (χ1v) is 4.61. The molecular formula is C9H11F3N2O. The number of nitrogens with zero attached hydrogens (tertiary/aromatic N) is 1. The van der Waals surface area contributed by atoms with E-state index < -0.39 is 17.6 Å². The van der Waals surface area contributed by atoms with Gasteiger partial charge in [-0.05, 0) is 12.8 Å². The monoisotopic (exact) mass is 220 g/mol. The molecule has 0 aromatic carbocycles. The average Bonchev–Trinajstić information content (AvgIpc) is 2.12. The molecule has 0 unspecified atom stereocenters. The van der Waals surface area contributed by atoms with Crippen LogP contribution in [0.2, 0.25) is 0 Å². The summed E-state index contributed by atoms with van der Waals surface area (Å²) in [6, 6.07) is 1.10. The number of nitrogens with one attached hydrogen (secondary N) is 1. The molecule has 0 aliphatic heterocycles. The Labute approximate surface area is 84.4 Å². The molecule has 0 saturated carbocycles. The van der Waals surface area contributed by atoms with Gasteiger partial charge in [0.2, 0.25) is 5.82 Å². The van der Waals surface area contributed by atoms with E-state index in [2.05, 4.69) is 4.98 Å². The van der Waals surface area contributed by atoms with Gasteiger partial charge in [0, 0.05) is 11.8 Å². The highest BCUT2D eigenvalue weighted by molar-refractivity contribution is 5.04. The number of aromatic nitrogens is 2. The number of alkyl halides is 3. The van der Waals surface area contributed by atoms with E-state index in [0.29, 0.717) is 12.8 Å². The number of halogens is 3. The van der Waals surface area contributed by atoms with E-state index in [9.17, 15) is 18.0 Å². The largest absolute Gasteiger partial charge is 0.449 e. The molecule has 84 valence electrons. The molecule has 3 nitrogen and oxygen atoms in total. The third-order valence-corrected chi connectivity index (χ3v) is 1.85. The molecule has 1 rings (SSSR count). The number of rotatable bonds is 3. The summed E-state index contributed by atoms with van der Waals surface area (Å²) in [7, 11) is 0. The summed E-state index contributed by atoms with van der Waals surface area (Å²) in [6.45, 7) is 1.91. The molecule has 0 atom stereocenters. The normalized spacial score (nSPS) is 11.7. The molecule has 0 saturated heterocycles. The molecule has 0 aliphatic carbocycles.